The van der Waals surface area contributed by atoms with Crippen LogP contribution in [0.25, 0.3) is 0 Å². The van der Waals surface area contributed by atoms with Crippen molar-refractivity contribution in [3.8, 4) is 0 Å². The van der Waals surface area contributed by atoms with Crippen molar-refractivity contribution >= 4 is 0 Å². The van der Waals surface area contributed by atoms with E-state index in [0.717, 1.165) is 5.56 Å². The van der Waals surface area contributed by atoms with Crippen molar-refractivity contribution in [2.45, 2.75) is 112 Å². The highest BCUT2D eigenvalue weighted by Crippen LogP contribution is 2.45. The van der Waals surface area contributed by atoms with E-state index in [4.69, 9.17) is 0 Å². The SMILES string of the molecule is CC.CC.CC1(C)CCC(C)(C)c2ccccc21.Cc1ccc(C(C)(O)C(C)C)cc1. The van der Waals surface area contributed by atoms with E-state index < -0.39 is 5.60 Å². The first-order valence-electron chi connectivity index (χ1n) is 12.3. The summed E-state index contributed by atoms with van der Waals surface area (Å²) < 4.78 is 0. The Labute approximate surface area is 194 Å². The zero-order chi connectivity index (χ0) is 24.5. The fraction of sp³-hybridized carbons (Fsp3) is 0.600. The maximum Gasteiger partial charge on any atom is 0.0891 e. The third-order valence-electron chi connectivity index (χ3n) is 6.52. The van der Waals surface area contributed by atoms with E-state index in [9.17, 15) is 5.11 Å². The molecule has 0 amide bonds. The van der Waals surface area contributed by atoms with Gasteiger partial charge in [0.15, 0.2) is 0 Å². The molecular formula is C30H50O. The molecule has 1 N–H and O–H groups in total. The molecule has 0 bridgehead atoms. The van der Waals surface area contributed by atoms with Gasteiger partial charge in [0.05, 0.1) is 5.60 Å². The van der Waals surface area contributed by atoms with Gasteiger partial charge in [-0.2, -0.15) is 0 Å². The summed E-state index contributed by atoms with van der Waals surface area (Å²) in [6, 6.07) is 17.0. The Morgan fingerprint density at radius 1 is 0.742 bits per heavy atom. The van der Waals surface area contributed by atoms with Crippen LogP contribution in [0.3, 0.4) is 0 Å². The topological polar surface area (TPSA) is 20.2 Å². The summed E-state index contributed by atoms with van der Waals surface area (Å²) in [5, 5.41) is 10.2. The summed E-state index contributed by atoms with van der Waals surface area (Å²) in [6.07, 6.45) is 2.61. The Bertz CT molecular complexity index is 713. The zero-order valence-corrected chi connectivity index (χ0v) is 22.6. The van der Waals surface area contributed by atoms with E-state index in [-0.39, 0.29) is 5.92 Å². The van der Waals surface area contributed by atoms with Gasteiger partial charge in [-0.3, -0.25) is 0 Å². The van der Waals surface area contributed by atoms with Crippen molar-refractivity contribution in [1.82, 2.24) is 0 Å². The summed E-state index contributed by atoms with van der Waals surface area (Å²) in [7, 11) is 0. The Morgan fingerprint density at radius 3 is 1.42 bits per heavy atom. The first-order valence-corrected chi connectivity index (χ1v) is 12.3. The number of hydrogen-bond acceptors (Lipinski definition) is 1. The lowest BCUT2D eigenvalue weighted by atomic mass is 9.63. The minimum absolute atomic E-state index is 0.232. The van der Waals surface area contributed by atoms with E-state index in [1.165, 1.54) is 18.4 Å². The second-order valence-corrected chi connectivity index (χ2v) is 9.98. The predicted molar refractivity (Wildman–Crippen MR) is 140 cm³/mol. The second-order valence-electron chi connectivity index (χ2n) is 9.98. The van der Waals surface area contributed by atoms with Crippen LogP contribution >= 0.6 is 0 Å². The lowest BCUT2D eigenvalue weighted by Crippen LogP contribution is -2.33. The molecule has 0 saturated heterocycles. The molecule has 0 fully saturated rings. The minimum atomic E-state index is -0.715. The van der Waals surface area contributed by atoms with Gasteiger partial charge >= 0.3 is 0 Å². The van der Waals surface area contributed by atoms with E-state index in [1.54, 1.807) is 11.1 Å². The third-order valence-corrected chi connectivity index (χ3v) is 6.52. The highest BCUT2D eigenvalue weighted by Gasteiger charge is 2.36. The number of rotatable bonds is 2. The van der Waals surface area contributed by atoms with Gasteiger partial charge in [-0.05, 0) is 60.1 Å². The summed E-state index contributed by atoms with van der Waals surface area (Å²) in [6.45, 7) is 25.4. The molecule has 1 unspecified atom stereocenters. The number of aliphatic hydroxyl groups is 1. The number of aryl methyl sites for hydroxylation is 1. The van der Waals surface area contributed by atoms with Crippen molar-refractivity contribution in [3.05, 3.63) is 70.8 Å². The van der Waals surface area contributed by atoms with E-state index in [1.807, 2.05) is 79.7 Å². The van der Waals surface area contributed by atoms with Crippen molar-refractivity contribution in [2.75, 3.05) is 0 Å². The monoisotopic (exact) mass is 426 g/mol. The number of fused-ring (bicyclic) bond motifs is 1. The van der Waals surface area contributed by atoms with Gasteiger partial charge in [-0.1, -0.05) is 123 Å². The highest BCUT2D eigenvalue weighted by atomic mass is 16.3. The zero-order valence-electron chi connectivity index (χ0n) is 22.6. The summed E-state index contributed by atoms with van der Waals surface area (Å²) in [5.41, 5.74) is 5.34. The molecule has 0 spiro atoms. The van der Waals surface area contributed by atoms with Gasteiger partial charge in [0.25, 0.3) is 0 Å². The number of hydrogen-bond donors (Lipinski definition) is 1. The molecule has 2 aromatic carbocycles. The minimum Gasteiger partial charge on any atom is -0.385 e. The predicted octanol–water partition coefficient (Wildman–Crippen LogP) is 8.95. The molecule has 0 aromatic heterocycles. The van der Waals surface area contributed by atoms with Gasteiger partial charge in [-0.15, -0.1) is 0 Å². The van der Waals surface area contributed by atoms with Crippen LogP contribution in [0.5, 0.6) is 0 Å². The molecule has 0 heterocycles. The quantitative estimate of drug-likeness (QED) is 0.508. The van der Waals surface area contributed by atoms with Gasteiger partial charge < -0.3 is 5.11 Å². The molecule has 0 saturated carbocycles. The van der Waals surface area contributed by atoms with Crippen LogP contribution in [0, 0.1) is 12.8 Å². The molecule has 31 heavy (non-hydrogen) atoms. The molecule has 0 radical (unpaired) electrons. The fourth-order valence-electron chi connectivity index (χ4n) is 3.78. The van der Waals surface area contributed by atoms with Crippen molar-refractivity contribution in [3.63, 3.8) is 0 Å². The van der Waals surface area contributed by atoms with Crippen LogP contribution in [0.1, 0.15) is 111 Å². The summed E-state index contributed by atoms with van der Waals surface area (Å²) in [5.74, 6) is 0.232. The van der Waals surface area contributed by atoms with Crippen LogP contribution in [0.2, 0.25) is 0 Å². The van der Waals surface area contributed by atoms with Crippen LogP contribution in [0.4, 0.5) is 0 Å². The fourth-order valence-corrected chi connectivity index (χ4v) is 3.78. The van der Waals surface area contributed by atoms with Crippen molar-refractivity contribution in [2.24, 2.45) is 5.92 Å². The highest BCUT2D eigenvalue weighted by molar-refractivity contribution is 5.40. The Morgan fingerprint density at radius 2 is 1.10 bits per heavy atom. The Balaban J connectivity index is 0.000000502. The first kappa shape index (κ1) is 29.4. The van der Waals surface area contributed by atoms with Crippen LogP contribution in [0.15, 0.2) is 48.5 Å². The molecular weight excluding hydrogens is 376 g/mol. The summed E-state index contributed by atoms with van der Waals surface area (Å²) >= 11 is 0. The van der Waals surface area contributed by atoms with Crippen LogP contribution < -0.4 is 0 Å². The molecule has 1 atom stereocenters. The molecule has 1 aliphatic carbocycles. The third kappa shape index (κ3) is 7.79. The van der Waals surface area contributed by atoms with Gasteiger partial charge in [0.2, 0.25) is 0 Å². The lowest BCUT2D eigenvalue weighted by molar-refractivity contribution is 0.00904. The van der Waals surface area contributed by atoms with E-state index in [2.05, 4.69) is 52.0 Å². The second kappa shape index (κ2) is 12.4. The largest absolute Gasteiger partial charge is 0.385 e. The van der Waals surface area contributed by atoms with Crippen LogP contribution in [-0.4, -0.2) is 5.11 Å². The Hall–Kier alpha value is -1.60. The molecule has 0 aliphatic heterocycles. The molecule has 1 nitrogen and oxygen atoms in total. The molecule has 1 aliphatic rings. The van der Waals surface area contributed by atoms with E-state index >= 15 is 0 Å². The van der Waals surface area contributed by atoms with Crippen LogP contribution in [-0.2, 0) is 16.4 Å². The van der Waals surface area contributed by atoms with E-state index in [0.29, 0.717) is 10.8 Å². The van der Waals surface area contributed by atoms with Gasteiger partial charge in [0, 0.05) is 0 Å². The van der Waals surface area contributed by atoms with Crippen molar-refractivity contribution in [1.29, 1.82) is 0 Å². The molecule has 176 valence electrons. The summed E-state index contributed by atoms with van der Waals surface area (Å²) in [4.78, 5) is 0. The number of benzene rings is 2. The molecule has 3 rings (SSSR count). The molecule has 1 heteroatoms. The average Bonchev–Trinajstić information content (AvgIpc) is 2.75. The standard InChI is InChI=1S/C14H20.C12H18O.2C2H6/c1-13(2)9-10-14(3,4)12-8-6-5-7-11(12)13;1-9(2)12(4,13)11-7-5-10(3)6-8-11;2*1-2/h5-8H,9-10H2,1-4H3;5-9,13H,1-4H3;2*1-2H3. The normalized spacial score (nSPS) is 17.4. The van der Waals surface area contributed by atoms with Gasteiger partial charge in [0.1, 0.15) is 0 Å². The lowest BCUT2D eigenvalue weighted by Gasteiger charge is -2.41. The maximum atomic E-state index is 10.2. The van der Waals surface area contributed by atoms with Crippen molar-refractivity contribution < 1.29 is 5.11 Å². The first-order chi connectivity index (χ1) is 14.4. The smallest absolute Gasteiger partial charge is 0.0891 e. The maximum absolute atomic E-state index is 10.2. The average molecular weight is 427 g/mol. The van der Waals surface area contributed by atoms with Gasteiger partial charge in [-0.25, -0.2) is 0 Å². The Kier molecular flexibility index (Phi) is 11.8. The molecule has 2 aromatic rings.